The SMILES string of the molecule is COc1ccc(NCC(=O)Nc2ccc(C(=O)NC(C)(C)C)cc2)cc1Cl. The molecule has 0 radical (unpaired) electrons. The van der Waals surface area contributed by atoms with Gasteiger partial charge >= 0.3 is 0 Å². The zero-order chi connectivity index (χ0) is 20.0. The third-order valence-electron chi connectivity index (χ3n) is 3.52. The molecule has 2 aromatic carbocycles. The van der Waals surface area contributed by atoms with Crippen LogP contribution in [0, 0.1) is 0 Å². The molecule has 0 spiro atoms. The number of ether oxygens (including phenoxy) is 1. The van der Waals surface area contributed by atoms with Crippen LogP contribution in [0.2, 0.25) is 5.02 Å². The number of hydrogen-bond acceptors (Lipinski definition) is 4. The minimum Gasteiger partial charge on any atom is -0.495 e. The summed E-state index contributed by atoms with van der Waals surface area (Å²) in [4.78, 5) is 24.2. The third kappa shape index (κ3) is 6.49. The van der Waals surface area contributed by atoms with Gasteiger partial charge in [-0.15, -0.1) is 0 Å². The zero-order valence-corrected chi connectivity index (χ0v) is 16.6. The molecule has 2 aromatic rings. The number of nitrogens with one attached hydrogen (secondary N) is 3. The Bertz CT molecular complexity index is 814. The number of methoxy groups -OCH3 is 1. The maximum atomic E-state index is 12.1. The highest BCUT2D eigenvalue weighted by Crippen LogP contribution is 2.27. The molecule has 0 saturated carbocycles. The van der Waals surface area contributed by atoms with E-state index in [1.165, 1.54) is 0 Å². The summed E-state index contributed by atoms with van der Waals surface area (Å²) in [6, 6.07) is 11.9. The van der Waals surface area contributed by atoms with Crippen LogP contribution in [0.1, 0.15) is 31.1 Å². The van der Waals surface area contributed by atoms with E-state index in [4.69, 9.17) is 16.3 Å². The van der Waals surface area contributed by atoms with Gasteiger partial charge in [0, 0.05) is 22.5 Å². The van der Waals surface area contributed by atoms with Crippen molar-refractivity contribution >= 4 is 34.8 Å². The van der Waals surface area contributed by atoms with Crippen molar-refractivity contribution in [1.29, 1.82) is 0 Å². The van der Waals surface area contributed by atoms with E-state index in [-0.39, 0.29) is 23.9 Å². The first kappa shape index (κ1) is 20.6. The Hall–Kier alpha value is -2.73. The van der Waals surface area contributed by atoms with Crippen molar-refractivity contribution in [1.82, 2.24) is 5.32 Å². The Morgan fingerprint density at radius 1 is 1.04 bits per heavy atom. The van der Waals surface area contributed by atoms with Crippen molar-refractivity contribution < 1.29 is 14.3 Å². The molecule has 0 atom stereocenters. The Balaban J connectivity index is 1.88. The van der Waals surface area contributed by atoms with Crippen LogP contribution in [0.5, 0.6) is 5.75 Å². The maximum Gasteiger partial charge on any atom is 0.251 e. The van der Waals surface area contributed by atoms with E-state index in [2.05, 4.69) is 16.0 Å². The average Bonchev–Trinajstić information content (AvgIpc) is 2.59. The fraction of sp³-hybridized carbons (Fsp3) is 0.300. The number of benzene rings is 2. The zero-order valence-electron chi connectivity index (χ0n) is 15.9. The number of rotatable bonds is 6. The summed E-state index contributed by atoms with van der Waals surface area (Å²) in [5, 5.41) is 9.12. The first-order valence-corrected chi connectivity index (χ1v) is 8.85. The summed E-state index contributed by atoms with van der Waals surface area (Å²) in [6.45, 7) is 5.84. The highest BCUT2D eigenvalue weighted by atomic mass is 35.5. The van der Waals surface area contributed by atoms with Gasteiger partial charge in [-0.3, -0.25) is 9.59 Å². The number of carbonyl (C=O) groups is 2. The quantitative estimate of drug-likeness (QED) is 0.699. The Labute approximate surface area is 164 Å². The maximum absolute atomic E-state index is 12.1. The van der Waals surface area contributed by atoms with E-state index >= 15 is 0 Å². The molecule has 7 heteroatoms. The first-order chi connectivity index (χ1) is 12.7. The molecule has 27 heavy (non-hydrogen) atoms. The van der Waals surface area contributed by atoms with Crippen molar-refractivity contribution in [3.8, 4) is 5.75 Å². The van der Waals surface area contributed by atoms with E-state index < -0.39 is 0 Å². The standard InChI is InChI=1S/C20H24ClN3O3/c1-20(2,3)24-19(26)13-5-7-14(8-6-13)23-18(25)12-22-15-9-10-17(27-4)16(21)11-15/h5-11,22H,12H2,1-4H3,(H,23,25)(H,24,26). The predicted molar refractivity (Wildman–Crippen MR) is 109 cm³/mol. The molecule has 0 aliphatic rings. The second kappa shape index (κ2) is 8.77. The molecule has 2 rings (SSSR count). The minimum atomic E-state index is -0.306. The molecule has 0 fully saturated rings. The van der Waals surface area contributed by atoms with Crippen LogP contribution >= 0.6 is 11.6 Å². The normalized spacial score (nSPS) is 10.9. The van der Waals surface area contributed by atoms with Crippen molar-refractivity contribution in [2.24, 2.45) is 0 Å². The number of hydrogen-bond donors (Lipinski definition) is 3. The van der Waals surface area contributed by atoms with Crippen LogP contribution in [0.3, 0.4) is 0 Å². The molecular formula is C20H24ClN3O3. The molecular weight excluding hydrogens is 366 g/mol. The van der Waals surface area contributed by atoms with Crippen LogP contribution in [-0.4, -0.2) is 31.0 Å². The highest BCUT2D eigenvalue weighted by Gasteiger charge is 2.15. The van der Waals surface area contributed by atoms with Crippen LogP contribution in [-0.2, 0) is 4.79 Å². The van der Waals surface area contributed by atoms with Crippen molar-refractivity contribution in [2.75, 3.05) is 24.3 Å². The molecule has 2 amide bonds. The van der Waals surface area contributed by atoms with Gasteiger partial charge in [-0.2, -0.15) is 0 Å². The predicted octanol–water partition coefficient (Wildman–Crippen LogP) is 3.93. The fourth-order valence-electron chi connectivity index (χ4n) is 2.28. The fourth-order valence-corrected chi connectivity index (χ4v) is 2.54. The van der Waals surface area contributed by atoms with Gasteiger partial charge in [0.1, 0.15) is 5.75 Å². The van der Waals surface area contributed by atoms with E-state index in [0.717, 1.165) is 0 Å². The molecule has 0 saturated heterocycles. The van der Waals surface area contributed by atoms with Gasteiger partial charge in [-0.25, -0.2) is 0 Å². The van der Waals surface area contributed by atoms with Gasteiger partial charge in [0.25, 0.3) is 5.91 Å². The van der Waals surface area contributed by atoms with Crippen molar-refractivity contribution in [3.05, 3.63) is 53.1 Å². The van der Waals surface area contributed by atoms with Crippen molar-refractivity contribution in [3.63, 3.8) is 0 Å². The second-order valence-electron chi connectivity index (χ2n) is 7.03. The molecule has 0 aliphatic carbocycles. The van der Waals surface area contributed by atoms with E-state index in [9.17, 15) is 9.59 Å². The van der Waals surface area contributed by atoms with E-state index in [1.807, 2.05) is 20.8 Å². The molecule has 3 N–H and O–H groups in total. The first-order valence-electron chi connectivity index (χ1n) is 8.48. The van der Waals surface area contributed by atoms with Gasteiger partial charge in [-0.1, -0.05) is 11.6 Å². The number of carbonyl (C=O) groups excluding carboxylic acids is 2. The number of halogens is 1. The van der Waals surface area contributed by atoms with Gasteiger partial charge in [0.15, 0.2) is 0 Å². The molecule has 0 aliphatic heterocycles. The largest absolute Gasteiger partial charge is 0.495 e. The van der Waals surface area contributed by atoms with E-state index in [0.29, 0.717) is 27.7 Å². The van der Waals surface area contributed by atoms with E-state index in [1.54, 1.807) is 49.6 Å². The molecule has 6 nitrogen and oxygen atoms in total. The summed E-state index contributed by atoms with van der Waals surface area (Å²) in [5.41, 5.74) is 1.56. The summed E-state index contributed by atoms with van der Waals surface area (Å²) in [6.07, 6.45) is 0. The molecule has 0 bridgehead atoms. The lowest BCUT2D eigenvalue weighted by molar-refractivity contribution is -0.114. The van der Waals surface area contributed by atoms with Crippen LogP contribution < -0.4 is 20.7 Å². The number of amides is 2. The van der Waals surface area contributed by atoms with Gasteiger partial charge in [0.05, 0.1) is 18.7 Å². The summed E-state index contributed by atoms with van der Waals surface area (Å²) >= 11 is 6.06. The van der Waals surface area contributed by atoms with Gasteiger partial charge < -0.3 is 20.7 Å². The monoisotopic (exact) mass is 389 g/mol. The Morgan fingerprint density at radius 2 is 1.67 bits per heavy atom. The minimum absolute atomic E-state index is 0.0783. The topological polar surface area (TPSA) is 79.5 Å². The lowest BCUT2D eigenvalue weighted by Gasteiger charge is -2.20. The van der Waals surface area contributed by atoms with Crippen molar-refractivity contribution in [2.45, 2.75) is 26.3 Å². The lowest BCUT2D eigenvalue weighted by Crippen LogP contribution is -2.40. The molecule has 0 unspecified atom stereocenters. The van der Waals surface area contributed by atoms with Crippen LogP contribution in [0.25, 0.3) is 0 Å². The second-order valence-corrected chi connectivity index (χ2v) is 7.44. The summed E-state index contributed by atoms with van der Waals surface area (Å²) < 4.78 is 5.09. The lowest BCUT2D eigenvalue weighted by atomic mass is 10.1. The summed E-state index contributed by atoms with van der Waals surface area (Å²) in [7, 11) is 1.54. The number of anilines is 2. The van der Waals surface area contributed by atoms with Gasteiger partial charge in [-0.05, 0) is 63.2 Å². The highest BCUT2D eigenvalue weighted by molar-refractivity contribution is 6.32. The third-order valence-corrected chi connectivity index (χ3v) is 3.82. The molecule has 144 valence electrons. The molecule has 0 aromatic heterocycles. The molecule has 0 heterocycles. The summed E-state index contributed by atoms with van der Waals surface area (Å²) in [5.74, 6) is 0.203. The van der Waals surface area contributed by atoms with Crippen LogP contribution in [0.15, 0.2) is 42.5 Å². The van der Waals surface area contributed by atoms with Gasteiger partial charge in [0.2, 0.25) is 5.91 Å². The van der Waals surface area contributed by atoms with Crippen LogP contribution in [0.4, 0.5) is 11.4 Å². The Kier molecular flexibility index (Phi) is 6.69. The smallest absolute Gasteiger partial charge is 0.251 e. The average molecular weight is 390 g/mol. The Morgan fingerprint density at radius 3 is 2.22 bits per heavy atom.